The van der Waals surface area contributed by atoms with Gasteiger partial charge in [-0.05, 0) is 0 Å². The Bertz CT molecular complexity index is 253. The Morgan fingerprint density at radius 1 is 1.82 bits per heavy atom. The second kappa shape index (κ2) is 3.23. The van der Waals surface area contributed by atoms with Gasteiger partial charge in [-0.15, -0.1) is 6.58 Å². The van der Waals surface area contributed by atoms with Gasteiger partial charge in [-0.25, -0.2) is 0 Å². The summed E-state index contributed by atoms with van der Waals surface area (Å²) in [4.78, 5) is 0. The van der Waals surface area contributed by atoms with Crippen molar-refractivity contribution in [1.29, 1.82) is 0 Å². The van der Waals surface area contributed by atoms with Gasteiger partial charge in [-0.2, -0.15) is 5.10 Å². The number of nitrogens with zero attached hydrogens (tertiary/aromatic N) is 2. The number of methoxy groups -OCH3 is 1. The minimum absolute atomic E-state index is 0.791. The SMILES string of the molecule is C=CCc1c(OC)cnn1C. The molecule has 0 N–H and O–H groups in total. The van der Waals surface area contributed by atoms with Crippen LogP contribution >= 0.6 is 0 Å². The molecule has 0 atom stereocenters. The van der Waals surface area contributed by atoms with Gasteiger partial charge in [-0.3, -0.25) is 4.68 Å². The summed E-state index contributed by atoms with van der Waals surface area (Å²) in [6, 6.07) is 0. The molecular weight excluding hydrogens is 140 g/mol. The molecule has 0 amide bonds. The van der Waals surface area contributed by atoms with Crippen LogP contribution in [0.25, 0.3) is 0 Å². The minimum atomic E-state index is 0.791. The molecule has 3 heteroatoms. The number of aryl methyl sites for hydroxylation is 1. The molecular formula is C8H12N2O. The molecule has 1 rings (SSSR count). The topological polar surface area (TPSA) is 27.1 Å². The van der Waals surface area contributed by atoms with Gasteiger partial charge >= 0.3 is 0 Å². The third kappa shape index (κ3) is 1.42. The van der Waals surface area contributed by atoms with Gasteiger partial charge in [0.15, 0.2) is 5.75 Å². The third-order valence-electron chi connectivity index (χ3n) is 1.58. The average Bonchev–Trinajstić information content (AvgIpc) is 2.34. The first-order valence-corrected chi connectivity index (χ1v) is 3.45. The van der Waals surface area contributed by atoms with Crippen molar-refractivity contribution in [2.45, 2.75) is 6.42 Å². The zero-order valence-corrected chi connectivity index (χ0v) is 6.87. The van der Waals surface area contributed by atoms with Crippen molar-refractivity contribution in [3.05, 3.63) is 24.5 Å². The van der Waals surface area contributed by atoms with Crippen molar-refractivity contribution in [3.63, 3.8) is 0 Å². The molecule has 0 radical (unpaired) electrons. The molecule has 1 aromatic heterocycles. The fourth-order valence-electron chi connectivity index (χ4n) is 0.983. The van der Waals surface area contributed by atoms with E-state index in [0.29, 0.717) is 0 Å². The van der Waals surface area contributed by atoms with Crippen LogP contribution < -0.4 is 4.74 Å². The van der Waals surface area contributed by atoms with E-state index in [1.54, 1.807) is 18.0 Å². The van der Waals surface area contributed by atoms with E-state index < -0.39 is 0 Å². The quantitative estimate of drug-likeness (QED) is 0.608. The van der Waals surface area contributed by atoms with Crippen LogP contribution in [0.4, 0.5) is 0 Å². The summed E-state index contributed by atoms with van der Waals surface area (Å²) in [5.41, 5.74) is 1.06. The summed E-state index contributed by atoms with van der Waals surface area (Å²) >= 11 is 0. The molecule has 60 valence electrons. The average molecular weight is 152 g/mol. The number of ether oxygens (including phenoxy) is 1. The highest BCUT2D eigenvalue weighted by Gasteiger charge is 2.05. The highest BCUT2D eigenvalue weighted by Crippen LogP contribution is 2.16. The van der Waals surface area contributed by atoms with Crippen molar-refractivity contribution in [2.24, 2.45) is 7.05 Å². The molecule has 3 nitrogen and oxygen atoms in total. The van der Waals surface area contributed by atoms with Gasteiger partial charge < -0.3 is 4.74 Å². The number of hydrogen-bond donors (Lipinski definition) is 0. The smallest absolute Gasteiger partial charge is 0.160 e. The van der Waals surface area contributed by atoms with Crippen LogP contribution in [0.15, 0.2) is 18.9 Å². The van der Waals surface area contributed by atoms with Crippen molar-refractivity contribution in [2.75, 3.05) is 7.11 Å². The summed E-state index contributed by atoms with van der Waals surface area (Å²) in [6.45, 7) is 3.66. The summed E-state index contributed by atoms with van der Waals surface area (Å²) in [6.07, 6.45) is 4.33. The lowest BCUT2D eigenvalue weighted by Gasteiger charge is -2.00. The van der Waals surface area contributed by atoms with E-state index in [-0.39, 0.29) is 0 Å². The lowest BCUT2D eigenvalue weighted by Crippen LogP contribution is -1.97. The number of allylic oxidation sites excluding steroid dienone is 1. The van der Waals surface area contributed by atoms with Crippen LogP contribution in [0, 0.1) is 0 Å². The van der Waals surface area contributed by atoms with Crippen LogP contribution in [0.2, 0.25) is 0 Å². The van der Waals surface area contributed by atoms with Crippen LogP contribution in [0.3, 0.4) is 0 Å². The van der Waals surface area contributed by atoms with E-state index in [1.165, 1.54) is 0 Å². The van der Waals surface area contributed by atoms with E-state index >= 15 is 0 Å². The fraction of sp³-hybridized carbons (Fsp3) is 0.375. The molecule has 0 aliphatic rings. The van der Waals surface area contributed by atoms with Crippen LogP contribution in [0.1, 0.15) is 5.69 Å². The van der Waals surface area contributed by atoms with Crippen LogP contribution in [0.5, 0.6) is 5.75 Å². The summed E-state index contributed by atoms with van der Waals surface area (Å²) in [5, 5.41) is 4.05. The minimum Gasteiger partial charge on any atom is -0.493 e. The lowest BCUT2D eigenvalue weighted by molar-refractivity contribution is 0.409. The summed E-state index contributed by atoms with van der Waals surface area (Å²) in [7, 11) is 3.53. The second-order valence-electron chi connectivity index (χ2n) is 2.28. The fourth-order valence-corrected chi connectivity index (χ4v) is 0.983. The summed E-state index contributed by atoms with van der Waals surface area (Å²) < 4.78 is 6.88. The molecule has 0 fully saturated rings. The molecule has 0 aliphatic carbocycles. The highest BCUT2D eigenvalue weighted by molar-refractivity contribution is 5.26. The van der Waals surface area contributed by atoms with Gasteiger partial charge in [0.25, 0.3) is 0 Å². The van der Waals surface area contributed by atoms with E-state index in [1.807, 2.05) is 13.1 Å². The predicted octanol–water partition coefficient (Wildman–Crippen LogP) is 1.16. The molecule has 0 unspecified atom stereocenters. The zero-order valence-electron chi connectivity index (χ0n) is 6.87. The van der Waals surface area contributed by atoms with Gasteiger partial charge in [-0.1, -0.05) is 6.08 Å². The van der Waals surface area contributed by atoms with Gasteiger partial charge in [0.2, 0.25) is 0 Å². The number of aromatic nitrogens is 2. The maximum Gasteiger partial charge on any atom is 0.160 e. The Kier molecular flexibility index (Phi) is 2.31. The Balaban J connectivity index is 2.96. The van der Waals surface area contributed by atoms with Crippen molar-refractivity contribution in [1.82, 2.24) is 9.78 Å². The molecule has 0 spiro atoms. The molecule has 0 aliphatic heterocycles. The first kappa shape index (κ1) is 7.85. The van der Waals surface area contributed by atoms with Gasteiger partial charge in [0.1, 0.15) is 0 Å². The predicted molar refractivity (Wildman–Crippen MR) is 43.7 cm³/mol. The van der Waals surface area contributed by atoms with Crippen molar-refractivity contribution >= 4 is 0 Å². The van der Waals surface area contributed by atoms with Crippen LogP contribution in [-0.2, 0) is 13.5 Å². The number of hydrogen-bond acceptors (Lipinski definition) is 2. The Morgan fingerprint density at radius 2 is 2.55 bits per heavy atom. The van der Waals surface area contributed by atoms with Crippen molar-refractivity contribution in [3.8, 4) is 5.75 Å². The maximum absolute atomic E-state index is 5.09. The van der Waals surface area contributed by atoms with Crippen molar-refractivity contribution < 1.29 is 4.74 Å². The standard InChI is InChI=1S/C8H12N2O/c1-4-5-7-8(11-3)6-9-10(7)2/h4,6H,1,5H2,2-3H3. The molecule has 0 saturated heterocycles. The normalized spacial score (nSPS) is 9.64. The first-order chi connectivity index (χ1) is 5.29. The molecule has 0 saturated carbocycles. The highest BCUT2D eigenvalue weighted by atomic mass is 16.5. The number of rotatable bonds is 3. The molecule has 0 bridgehead atoms. The lowest BCUT2D eigenvalue weighted by atomic mass is 10.3. The first-order valence-electron chi connectivity index (χ1n) is 3.45. The summed E-state index contributed by atoms with van der Waals surface area (Å²) in [5.74, 6) is 0.826. The monoisotopic (exact) mass is 152 g/mol. The van der Waals surface area contributed by atoms with E-state index in [0.717, 1.165) is 17.9 Å². The van der Waals surface area contributed by atoms with Gasteiger partial charge in [0.05, 0.1) is 19.0 Å². The van der Waals surface area contributed by atoms with E-state index in [9.17, 15) is 0 Å². The van der Waals surface area contributed by atoms with Gasteiger partial charge in [0, 0.05) is 13.5 Å². The maximum atomic E-state index is 5.09. The Morgan fingerprint density at radius 3 is 3.09 bits per heavy atom. The zero-order chi connectivity index (χ0) is 8.27. The molecule has 11 heavy (non-hydrogen) atoms. The van der Waals surface area contributed by atoms with E-state index in [2.05, 4.69) is 11.7 Å². The van der Waals surface area contributed by atoms with Crippen LogP contribution in [-0.4, -0.2) is 16.9 Å². The molecule has 1 heterocycles. The van der Waals surface area contributed by atoms with E-state index in [4.69, 9.17) is 4.74 Å². The second-order valence-corrected chi connectivity index (χ2v) is 2.28. The molecule has 0 aromatic carbocycles. The Labute approximate surface area is 66.3 Å². The molecule has 1 aromatic rings. The third-order valence-corrected chi connectivity index (χ3v) is 1.58. The Hall–Kier alpha value is -1.25. The largest absolute Gasteiger partial charge is 0.493 e.